The topological polar surface area (TPSA) is 43.6 Å². The van der Waals surface area contributed by atoms with Gasteiger partial charge in [0, 0.05) is 12.1 Å². The van der Waals surface area contributed by atoms with Gasteiger partial charge in [-0.15, -0.1) is 28.1 Å². The summed E-state index contributed by atoms with van der Waals surface area (Å²) in [6.45, 7) is 4.54. The Hall–Kier alpha value is -2.44. The van der Waals surface area contributed by atoms with Crippen LogP contribution < -0.4 is 0 Å². The molecule has 0 fully saturated rings. The Bertz CT molecular complexity index is 972. The van der Waals surface area contributed by atoms with Gasteiger partial charge in [0.2, 0.25) is 0 Å². The van der Waals surface area contributed by atoms with Crippen molar-refractivity contribution < 1.29 is 0 Å². The van der Waals surface area contributed by atoms with E-state index in [2.05, 4.69) is 32.4 Å². The maximum absolute atomic E-state index is 4.69. The third-order valence-electron chi connectivity index (χ3n) is 3.72. The van der Waals surface area contributed by atoms with Gasteiger partial charge >= 0.3 is 0 Å². The van der Waals surface area contributed by atoms with E-state index < -0.39 is 0 Å². The molecule has 4 aromatic rings. The molecule has 0 aliphatic carbocycles. The Morgan fingerprint density at radius 1 is 1.04 bits per heavy atom. The predicted molar refractivity (Wildman–Crippen MR) is 105 cm³/mol. The maximum Gasteiger partial charge on any atom is 0.192 e. The van der Waals surface area contributed by atoms with Crippen molar-refractivity contribution in [1.29, 1.82) is 0 Å². The molecular formula is C19H16N4S2. The molecule has 0 aliphatic rings. The van der Waals surface area contributed by atoms with Gasteiger partial charge < -0.3 is 0 Å². The minimum absolute atomic E-state index is 0.680. The molecule has 0 atom stereocenters. The van der Waals surface area contributed by atoms with Crippen molar-refractivity contribution >= 4 is 33.3 Å². The zero-order chi connectivity index (χ0) is 17.1. The van der Waals surface area contributed by atoms with Crippen LogP contribution in [0.15, 0.2) is 72.4 Å². The van der Waals surface area contributed by atoms with Crippen LogP contribution >= 0.6 is 23.1 Å². The van der Waals surface area contributed by atoms with E-state index in [1.165, 1.54) is 4.70 Å². The molecule has 0 bridgehead atoms. The van der Waals surface area contributed by atoms with E-state index in [0.717, 1.165) is 32.8 Å². The lowest BCUT2D eigenvalue weighted by Gasteiger charge is -2.07. The summed E-state index contributed by atoms with van der Waals surface area (Å²) in [5, 5.41) is 10.8. The van der Waals surface area contributed by atoms with Gasteiger partial charge in [0.1, 0.15) is 5.01 Å². The highest BCUT2D eigenvalue weighted by atomic mass is 32.2. The minimum atomic E-state index is 0.680. The zero-order valence-corrected chi connectivity index (χ0v) is 15.1. The van der Waals surface area contributed by atoms with Crippen molar-refractivity contribution in [3.8, 4) is 11.4 Å². The second-order valence-electron chi connectivity index (χ2n) is 5.44. The van der Waals surface area contributed by atoms with E-state index >= 15 is 0 Å². The van der Waals surface area contributed by atoms with Crippen molar-refractivity contribution in [2.45, 2.75) is 17.5 Å². The number of para-hydroxylation sites is 1. The van der Waals surface area contributed by atoms with Crippen LogP contribution in [0.5, 0.6) is 0 Å². The van der Waals surface area contributed by atoms with Crippen LogP contribution in [0.2, 0.25) is 0 Å². The number of fused-ring (bicyclic) bond motifs is 1. The fourth-order valence-electron chi connectivity index (χ4n) is 2.60. The molecule has 0 amide bonds. The highest BCUT2D eigenvalue weighted by Crippen LogP contribution is 2.29. The lowest BCUT2D eigenvalue weighted by Crippen LogP contribution is -2.00. The van der Waals surface area contributed by atoms with Crippen LogP contribution in [0.3, 0.4) is 0 Å². The zero-order valence-electron chi connectivity index (χ0n) is 13.5. The maximum atomic E-state index is 4.69. The van der Waals surface area contributed by atoms with Crippen LogP contribution in [0, 0.1) is 0 Å². The molecule has 0 spiro atoms. The molecule has 2 aromatic heterocycles. The van der Waals surface area contributed by atoms with Gasteiger partial charge in [-0.3, -0.25) is 4.57 Å². The van der Waals surface area contributed by atoms with Gasteiger partial charge in [0.25, 0.3) is 0 Å². The second-order valence-corrected chi connectivity index (χ2v) is 7.49. The summed E-state index contributed by atoms with van der Waals surface area (Å²) in [4.78, 5) is 4.69. The van der Waals surface area contributed by atoms with Crippen LogP contribution in [0.25, 0.3) is 21.6 Å². The van der Waals surface area contributed by atoms with E-state index in [-0.39, 0.29) is 0 Å². The smallest absolute Gasteiger partial charge is 0.192 e. The molecule has 0 saturated heterocycles. The van der Waals surface area contributed by atoms with E-state index in [0.29, 0.717) is 6.54 Å². The number of allylic oxidation sites excluding steroid dienone is 1. The number of hydrogen-bond acceptors (Lipinski definition) is 5. The number of aromatic nitrogens is 4. The third-order valence-corrected chi connectivity index (χ3v) is 5.92. The highest BCUT2D eigenvalue weighted by Gasteiger charge is 2.14. The first-order chi connectivity index (χ1) is 12.3. The first kappa shape index (κ1) is 16.1. The van der Waals surface area contributed by atoms with E-state index in [1.54, 1.807) is 23.1 Å². The summed E-state index contributed by atoms with van der Waals surface area (Å²) in [7, 11) is 0. The van der Waals surface area contributed by atoms with E-state index in [4.69, 9.17) is 0 Å². The SMILES string of the molecule is C=CCn1c(SCc2nc3ccccc3s2)nnc1-c1ccccc1. The first-order valence-electron chi connectivity index (χ1n) is 7.92. The van der Waals surface area contributed by atoms with Crippen molar-refractivity contribution in [3.63, 3.8) is 0 Å². The number of thiazole rings is 1. The first-order valence-corrected chi connectivity index (χ1v) is 9.72. The second kappa shape index (κ2) is 7.21. The average Bonchev–Trinajstić information content (AvgIpc) is 3.24. The lowest BCUT2D eigenvalue weighted by atomic mass is 10.2. The van der Waals surface area contributed by atoms with Crippen LogP contribution in [0.4, 0.5) is 0 Å². The highest BCUT2D eigenvalue weighted by molar-refractivity contribution is 7.98. The fraction of sp³-hybridized carbons (Fsp3) is 0.105. The Kier molecular flexibility index (Phi) is 4.63. The van der Waals surface area contributed by atoms with Gasteiger partial charge in [-0.25, -0.2) is 4.98 Å². The third kappa shape index (κ3) is 3.36. The van der Waals surface area contributed by atoms with E-state index in [1.807, 2.05) is 54.6 Å². The molecule has 2 aromatic carbocycles. The largest absolute Gasteiger partial charge is 0.298 e. The normalized spacial score (nSPS) is 11.0. The van der Waals surface area contributed by atoms with Crippen LogP contribution in [-0.2, 0) is 12.3 Å². The van der Waals surface area contributed by atoms with Crippen molar-refractivity contribution in [3.05, 3.63) is 72.3 Å². The summed E-state index contributed by atoms with van der Waals surface area (Å²) in [6.07, 6.45) is 1.87. The van der Waals surface area contributed by atoms with Crippen molar-refractivity contribution in [1.82, 2.24) is 19.7 Å². The molecule has 4 nitrogen and oxygen atoms in total. The van der Waals surface area contributed by atoms with Gasteiger partial charge in [-0.1, -0.05) is 60.3 Å². The van der Waals surface area contributed by atoms with Crippen LogP contribution in [-0.4, -0.2) is 19.7 Å². The standard InChI is InChI=1S/C19H16N4S2/c1-2-12-23-18(14-8-4-3-5-9-14)21-22-19(23)24-13-17-20-15-10-6-7-11-16(15)25-17/h2-11H,1,12-13H2. The van der Waals surface area contributed by atoms with Gasteiger partial charge in [-0.2, -0.15) is 0 Å². The molecular weight excluding hydrogens is 348 g/mol. The molecule has 0 radical (unpaired) electrons. The Labute approximate surface area is 154 Å². The number of rotatable bonds is 6. The number of hydrogen-bond donors (Lipinski definition) is 0. The molecule has 124 valence electrons. The summed E-state index contributed by atoms with van der Waals surface area (Å²) in [6, 6.07) is 18.3. The van der Waals surface area contributed by atoms with Gasteiger partial charge in [0.15, 0.2) is 11.0 Å². The Balaban J connectivity index is 1.59. The summed E-state index contributed by atoms with van der Waals surface area (Å²) < 4.78 is 3.32. The predicted octanol–water partition coefficient (Wildman–Crippen LogP) is 5.03. The molecule has 0 aliphatic heterocycles. The molecule has 6 heteroatoms. The van der Waals surface area contributed by atoms with Crippen molar-refractivity contribution in [2.24, 2.45) is 0 Å². The summed E-state index contributed by atoms with van der Waals surface area (Å²) in [5.74, 6) is 1.65. The number of thioether (sulfide) groups is 1. The number of nitrogens with zero attached hydrogens (tertiary/aromatic N) is 4. The number of benzene rings is 2. The molecule has 4 rings (SSSR count). The molecule has 0 unspecified atom stereocenters. The monoisotopic (exact) mass is 364 g/mol. The Morgan fingerprint density at radius 2 is 1.84 bits per heavy atom. The average molecular weight is 364 g/mol. The fourth-order valence-corrected chi connectivity index (χ4v) is 4.51. The van der Waals surface area contributed by atoms with Gasteiger partial charge in [-0.05, 0) is 12.1 Å². The summed E-state index contributed by atoms with van der Waals surface area (Å²) in [5.41, 5.74) is 2.12. The van der Waals surface area contributed by atoms with Crippen LogP contribution in [0.1, 0.15) is 5.01 Å². The molecule has 0 saturated carbocycles. The van der Waals surface area contributed by atoms with Gasteiger partial charge in [0.05, 0.1) is 16.0 Å². The Morgan fingerprint density at radius 3 is 2.64 bits per heavy atom. The van der Waals surface area contributed by atoms with E-state index in [9.17, 15) is 0 Å². The molecule has 2 heterocycles. The minimum Gasteiger partial charge on any atom is -0.298 e. The quantitative estimate of drug-likeness (QED) is 0.355. The molecule has 0 N–H and O–H groups in total. The molecule has 25 heavy (non-hydrogen) atoms. The lowest BCUT2D eigenvalue weighted by molar-refractivity contribution is 0.731. The summed E-state index contributed by atoms with van der Waals surface area (Å²) >= 11 is 3.39. The van der Waals surface area contributed by atoms with Crippen molar-refractivity contribution in [2.75, 3.05) is 0 Å².